The number of halogens is 1. The van der Waals surface area contributed by atoms with Crippen molar-refractivity contribution < 1.29 is 9.18 Å². The molecule has 2 unspecified atom stereocenters. The highest BCUT2D eigenvalue weighted by atomic mass is 19.1. The summed E-state index contributed by atoms with van der Waals surface area (Å²) in [4.78, 5) is 12.4. The number of benzene rings is 1. The lowest BCUT2D eigenvalue weighted by Gasteiger charge is -2.07. The third kappa shape index (κ3) is 3.32. The largest absolute Gasteiger partial charge is 0.352 e. The molecule has 2 aliphatic rings. The van der Waals surface area contributed by atoms with Crippen LogP contribution in [0.1, 0.15) is 49.7 Å². The number of nitrogens with one attached hydrogen (secondary N) is 1. The lowest BCUT2D eigenvalue weighted by molar-refractivity contribution is -0.123. The van der Waals surface area contributed by atoms with Gasteiger partial charge in [0.2, 0.25) is 5.91 Å². The molecule has 2 fully saturated rings. The van der Waals surface area contributed by atoms with E-state index in [1.807, 2.05) is 6.07 Å². The lowest BCUT2D eigenvalue weighted by Crippen LogP contribution is -2.26. The Hall–Kier alpha value is -1.42. The Kier molecular flexibility index (Phi) is 4.77. The summed E-state index contributed by atoms with van der Waals surface area (Å²) in [6.45, 7) is 0.598. The van der Waals surface area contributed by atoms with Gasteiger partial charge < -0.3 is 11.1 Å². The van der Waals surface area contributed by atoms with Crippen LogP contribution in [0.15, 0.2) is 18.2 Å². The zero-order valence-electron chi connectivity index (χ0n) is 13.0. The predicted octanol–water partition coefficient (Wildman–Crippen LogP) is 3.12. The summed E-state index contributed by atoms with van der Waals surface area (Å²) >= 11 is 0. The zero-order chi connectivity index (χ0) is 15.5. The van der Waals surface area contributed by atoms with Gasteiger partial charge in [0, 0.05) is 24.6 Å². The van der Waals surface area contributed by atoms with Gasteiger partial charge in [-0.3, -0.25) is 4.79 Å². The Morgan fingerprint density at radius 1 is 1.18 bits per heavy atom. The van der Waals surface area contributed by atoms with E-state index in [0.717, 1.165) is 5.56 Å². The van der Waals surface area contributed by atoms with Crippen molar-refractivity contribution in [2.24, 2.45) is 23.5 Å². The van der Waals surface area contributed by atoms with Crippen LogP contribution in [-0.2, 0) is 17.9 Å². The minimum Gasteiger partial charge on any atom is -0.352 e. The molecule has 2 saturated carbocycles. The van der Waals surface area contributed by atoms with E-state index < -0.39 is 0 Å². The van der Waals surface area contributed by atoms with E-state index in [9.17, 15) is 9.18 Å². The first kappa shape index (κ1) is 15.5. The second kappa shape index (κ2) is 6.78. The highest BCUT2D eigenvalue weighted by molar-refractivity contribution is 5.82. The van der Waals surface area contributed by atoms with Gasteiger partial charge in [-0.25, -0.2) is 4.39 Å². The van der Waals surface area contributed by atoms with Crippen molar-refractivity contribution in [3.8, 4) is 0 Å². The molecule has 0 radical (unpaired) electrons. The molecular weight excluding hydrogens is 279 g/mol. The number of fused-ring (bicyclic) bond motifs is 1. The Labute approximate surface area is 131 Å². The Balaban J connectivity index is 1.54. The Bertz CT molecular complexity index is 532. The minimum absolute atomic E-state index is 0.110. The fourth-order valence-electron chi connectivity index (χ4n) is 3.90. The van der Waals surface area contributed by atoms with Crippen molar-refractivity contribution in [1.82, 2.24) is 5.32 Å². The van der Waals surface area contributed by atoms with Crippen LogP contribution in [0.2, 0.25) is 0 Å². The fourth-order valence-corrected chi connectivity index (χ4v) is 3.90. The number of nitrogens with two attached hydrogens (primary N) is 1. The fraction of sp³-hybridized carbons (Fsp3) is 0.611. The summed E-state index contributed by atoms with van der Waals surface area (Å²) in [6.07, 6.45) is 7.47. The molecule has 2 aliphatic carbocycles. The van der Waals surface area contributed by atoms with E-state index in [-0.39, 0.29) is 24.2 Å². The molecule has 4 heteroatoms. The molecule has 0 saturated heterocycles. The monoisotopic (exact) mass is 304 g/mol. The number of hydrogen-bond acceptors (Lipinski definition) is 2. The molecular formula is C18H25FN2O. The molecule has 3 rings (SSSR count). The molecule has 1 aromatic carbocycles. The number of amides is 1. The normalized spacial score (nSPS) is 27.5. The Morgan fingerprint density at radius 3 is 2.45 bits per heavy atom. The standard InChI is InChI=1S/C18H25FN2O/c19-16-9-12(10-20)7-8-13(16)11-21-18(22)17-14-5-3-1-2-4-6-15(14)17/h7-9,14-15,17H,1-6,10-11,20H2,(H,21,22). The second-order valence-electron chi connectivity index (χ2n) is 6.69. The summed E-state index contributed by atoms with van der Waals surface area (Å²) in [5.41, 5.74) is 6.80. The van der Waals surface area contributed by atoms with Crippen molar-refractivity contribution in [2.45, 2.75) is 51.6 Å². The van der Waals surface area contributed by atoms with Crippen LogP contribution < -0.4 is 11.1 Å². The molecule has 0 spiro atoms. The van der Waals surface area contributed by atoms with Crippen molar-refractivity contribution in [1.29, 1.82) is 0 Å². The first-order valence-corrected chi connectivity index (χ1v) is 8.46. The topological polar surface area (TPSA) is 55.1 Å². The second-order valence-corrected chi connectivity index (χ2v) is 6.69. The van der Waals surface area contributed by atoms with Crippen LogP contribution in [0.4, 0.5) is 4.39 Å². The van der Waals surface area contributed by atoms with Crippen LogP contribution in [0.25, 0.3) is 0 Å². The third-order valence-electron chi connectivity index (χ3n) is 5.27. The van der Waals surface area contributed by atoms with E-state index in [1.165, 1.54) is 44.6 Å². The summed E-state index contributed by atoms with van der Waals surface area (Å²) < 4.78 is 13.9. The SMILES string of the molecule is NCc1ccc(CNC(=O)C2C3CCCCCCC32)c(F)c1. The van der Waals surface area contributed by atoms with Gasteiger partial charge in [0.1, 0.15) is 5.82 Å². The molecule has 0 bridgehead atoms. The molecule has 120 valence electrons. The molecule has 1 aromatic rings. The maximum absolute atomic E-state index is 13.9. The highest BCUT2D eigenvalue weighted by Crippen LogP contribution is 2.53. The number of hydrogen-bond donors (Lipinski definition) is 2. The first-order chi connectivity index (χ1) is 10.7. The average molecular weight is 304 g/mol. The van der Waals surface area contributed by atoms with Crippen molar-refractivity contribution in [2.75, 3.05) is 0 Å². The van der Waals surface area contributed by atoms with E-state index in [2.05, 4.69) is 5.32 Å². The molecule has 2 atom stereocenters. The number of carbonyl (C=O) groups is 1. The number of rotatable bonds is 4. The Morgan fingerprint density at radius 2 is 1.86 bits per heavy atom. The van der Waals surface area contributed by atoms with Gasteiger partial charge in [-0.15, -0.1) is 0 Å². The van der Waals surface area contributed by atoms with E-state index in [0.29, 0.717) is 23.9 Å². The van der Waals surface area contributed by atoms with Gasteiger partial charge in [0.25, 0.3) is 0 Å². The highest BCUT2D eigenvalue weighted by Gasteiger charge is 2.53. The summed E-state index contributed by atoms with van der Waals surface area (Å²) in [5.74, 6) is 1.14. The molecule has 0 aliphatic heterocycles. The van der Waals surface area contributed by atoms with Crippen LogP contribution in [0, 0.1) is 23.6 Å². The van der Waals surface area contributed by atoms with Gasteiger partial charge in [0.15, 0.2) is 0 Å². The molecule has 0 heterocycles. The van der Waals surface area contributed by atoms with Crippen LogP contribution >= 0.6 is 0 Å². The predicted molar refractivity (Wildman–Crippen MR) is 84.3 cm³/mol. The molecule has 3 nitrogen and oxygen atoms in total. The summed E-state index contributed by atoms with van der Waals surface area (Å²) in [5, 5.41) is 2.93. The summed E-state index contributed by atoms with van der Waals surface area (Å²) in [6, 6.07) is 4.98. The van der Waals surface area contributed by atoms with E-state index in [1.54, 1.807) is 6.07 Å². The first-order valence-electron chi connectivity index (χ1n) is 8.46. The van der Waals surface area contributed by atoms with Crippen LogP contribution in [-0.4, -0.2) is 5.91 Å². The van der Waals surface area contributed by atoms with Crippen molar-refractivity contribution in [3.63, 3.8) is 0 Å². The zero-order valence-corrected chi connectivity index (χ0v) is 13.0. The molecule has 1 amide bonds. The van der Waals surface area contributed by atoms with Gasteiger partial charge in [-0.05, 0) is 36.3 Å². The van der Waals surface area contributed by atoms with Gasteiger partial charge in [-0.1, -0.05) is 37.8 Å². The average Bonchev–Trinajstić information content (AvgIpc) is 3.16. The van der Waals surface area contributed by atoms with Gasteiger partial charge in [-0.2, -0.15) is 0 Å². The summed E-state index contributed by atoms with van der Waals surface area (Å²) in [7, 11) is 0. The van der Waals surface area contributed by atoms with Crippen LogP contribution in [0.5, 0.6) is 0 Å². The third-order valence-corrected chi connectivity index (χ3v) is 5.27. The number of carbonyl (C=O) groups excluding carboxylic acids is 1. The van der Waals surface area contributed by atoms with E-state index >= 15 is 0 Å². The van der Waals surface area contributed by atoms with E-state index in [4.69, 9.17) is 5.73 Å². The lowest BCUT2D eigenvalue weighted by atomic mass is 10.0. The van der Waals surface area contributed by atoms with Crippen molar-refractivity contribution >= 4 is 5.91 Å². The quantitative estimate of drug-likeness (QED) is 0.898. The molecule has 22 heavy (non-hydrogen) atoms. The van der Waals surface area contributed by atoms with Crippen LogP contribution in [0.3, 0.4) is 0 Å². The maximum Gasteiger partial charge on any atom is 0.223 e. The van der Waals surface area contributed by atoms with Gasteiger partial charge >= 0.3 is 0 Å². The minimum atomic E-state index is -0.287. The van der Waals surface area contributed by atoms with Gasteiger partial charge in [0.05, 0.1) is 0 Å². The smallest absolute Gasteiger partial charge is 0.223 e. The molecule has 3 N–H and O–H groups in total. The van der Waals surface area contributed by atoms with Crippen molar-refractivity contribution in [3.05, 3.63) is 35.1 Å². The maximum atomic E-state index is 13.9. The molecule has 0 aromatic heterocycles.